The molecule has 1 aromatic carbocycles. The van der Waals surface area contributed by atoms with E-state index in [0.717, 1.165) is 12.1 Å². The summed E-state index contributed by atoms with van der Waals surface area (Å²) in [5.41, 5.74) is 2.27. The highest BCUT2D eigenvalue weighted by atomic mass is 16.5. The van der Waals surface area contributed by atoms with Crippen molar-refractivity contribution in [3.63, 3.8) is 0 Å². The van der Waals surface area contributed by atoms with E-state index in [4.69, 9.17) is 4.52 Å². The zero-order chi connectivity index (χ0) is 17.1. The van der Waals surface area contributed by atoms with Gasteiger partial charge in [0.25, 0.3) is 0 Å². The summed E-state index contributed by atoms with van der Waals surface area (Å²) in [6.45, 7) is 6.86. The van der Waals surface area contributed by atoms with Crippen molar-refractivity contribution >= 4 is 11.6 Å². The topological polar surface area (TPSA) is 59.2 Å². The Bertz CT molecular complexity index is 691. The largest absolute Gasteiger partial charge is 0.339 e. The van der Waals surface area contributed by atoms with Crippen LogP contribution in [0.2, 0.25) is 0 Å². The van der Waals surface area contributed by atoms with E-state index in [1.807, 2.05) is 30.9 Å². The highest BCUT2D eigenvalue weighted by Gasteiger charge is 2.35. The first kappa shape index (κ1) is 16.7. The number of carbonyl (C=O) groups is 1. The lowest BCUT2D eigenvalue weighted by molar-refractivity contribution is -0.117. The SMILES string of the molecule is CCCCc1ccc(N2CC(c3nc(C(C)C)no3)CC2=O)cc1. The van der Waals surface area contributed by atoms with E-state index in [-0.39, 0.29) is 17.7 Å². The lowest BCUT2D eigenvalue weighted by Gasteiger charge is -2.16. The second kappa shape index (κ2) is 7.16. The molecule has 0 radical (unpaired) electrons. The maximum atomic E-state index is 12.4. The summed E-state index contributed by atoms with van der Waals surface area (Å²) in [6.07, 6.45) is 3.90. The second-order valence-corrected chi connectivity index (χ2v) is 6.82. The monoisotopic (exact) mass is 327 g/mol. The normalized spacial score (nSPS) is 17.9. The van der Waals surface area contributed by atoms with Gasteiger partial charge >= 0.3 is 0 Å². The number of hydrogen-bond acceptors (Lipinski definition) is 4. The lowest BCUT2D eigenvalue weighted by atomic mass is 10.1. The van der Waals surface area contributed by atoms with Gasteiger partial charge < -0.3 is 9.42 Å². The van der Waals surface area contributed by atoms with Crippen LogP contribution in [0.15, 0.2) is 28.8 Å². The average molecular weight is 327 g/mol. The number of carbonyl (C=O) groups excluding carboxylic acids is 1. The number of rotatable bonds is 6. The maximum absolute atomic E-state index is 12.4. The quantitative estimate of drug-likeness (QED) is 0.803. The van der Waals surface area contributed by atoms with Gasteiger partial charge in [0.05, 0.1) is 5.92 Å². The molecule has 2 heterocycles. The third kappa shape index (κ3) is 3.50. The van der Waals surface area contributed by atoms with Gasteiger partial charge in [0, 0.05) is 24.6 Å². The molecule has 1 saturated heterocycles. The Hall–Kier alpha value is -2.17. The first-order chi connectivity index (χ1) is 11.6. The fraction of sp³-hybridized carbons (Fsp3) is 0.526. The zero-order valence-corrected chi connectivity index (χ0v) is 14.7. The number of aryl methyl sites for hydroxylation is 1. The summed E-state index contributed by atoms with van der Waals surface area (Å²) in [4.78, 5) is 18.7. The van der Waals surface area contributed by atoms with Gasteiger partial charge in [0.1, 0.15) is 0 Å². The fourth-order valence-electron chi connectivity index (χ4n) is 2.99. The van der Waals surface area contributed by atoms with E-state index in [1.54, 1.807) is 0 Å². The molecule has 0 bridgehead atoms. The minimum Gasteiger partial charge on any atom is -0.339 e. The summed E-state index contributed by atoms with van der Waals surface area (Å²) in [6, 6.07) is 8.32. The smallest absolute Gasteiger partial charge is 0.232 e. The van der Waals surface area contributed by atoms with Crippen LogP contribution in [-0.2, 0) is 11.2 Å². The highest BCUT2D eigenvalue weighted by molar-refractivity contribution is 5.96. The minimum absolute atomic E-state index is 0.0164. The molecule has 0 saturated carbocycles. The Morgan fingerprint density at radius 2 is 2.04 bits per heavy atom. The first-order valence-corrected chi connectivity index (χ1v) is 8.81. The number of unbranched alkanes of at least 4 members (excludes halogenated alkanes) is 1. The fourth-order valence-corrected chi connectivity index (χ4v) is 2.99. The first-order valence-electron chi connectivity index (χ1n) is 8.81. The van der Waals surface area contributed by atoms with Crippen LogP contribution in [0.25, 0.3) is 0 Å². The van der Waals surface area contributed by atoms with E-state index in [1.165, 1.54) is 18.4 Å². The molecule has 5 heteroatoms. The molecule has 128 valence electrons. The molecule has 2 aromatic rings. The Kier molecular flexibility index (Phi) is 4.97. The van der Waals surface area contributed by atoms with Crippen LogP contribution in [0.5, 0.6) is 0 Å². The van der Waals surface area contributed by atoms with Crippen LogP contribution >= 0.6 is 0 Å². The van der Waals surface area contributed by atoms with Crippen molar-refractivity contribution in [2.24, 2.45) is 0 Å². The molecule has 1 amide bonds. The number of amides is 1. The molecule has 3 rings (SSSR count). The Morgan fingerprint density at radius 1 is 1.29 bits per heavy atom. The Morgan fingerprint density at radius 3 is 2.67 bits per heavy atom. The van der Waals surface area contributed by atoms with Gasteiger partial charge in [-0.25, -0.2) is 0 Å². The maximum Gasteiger partial charge on any atom is 0.232 e. The van der Waals surface area contributed by atoms with Crippen molar-refractivity contribution in [3.05, 3.63) is 41.5 Å². The summed E-state index contributed by atoms with van der Waals surface area (Å²) >= 11 is 0. The molecule has 5 nitrogen and oxygen atoms in total. The van der Waals surface area contributed by atoms with Crippen molar-refractivity contribution in [2.75, 3.05) is 11.4 Å². The van der Waals surface area contributed by atoms with Crippen molar-refractivity contribution in [3.8, 4) is 0 Å². The Balaban J connectivity index is 1.70. The van der Waals surface area contributed by atoms with E-state index < -0.39 is 0 Å². The summed E-state index contributed by atoms with van der Waals surface area (Å²) in [5.74, 6) is 1.61. The van der Waals surface area contributed by atoms with Crippen LogP contribution in [0.4, 0.5) is 5.69 Å². The van der Waals surface area contributed by atoms with Gasteiger partial charge in [0.15, 0.2) is 5.82 Å². The van der Waals surface area contributed by atoms with Gasteiger partial charge in [-0.15, -0.1) is 0 Å². The average Bonchev–Trinajstić information content (AvgIpc) is 3.20. The molecule has 0 aliphatic carbocycles. The summed E-state index contributed by atoms with van der Waals surface area (Å²) in [5, 5.41) is 4.01. The molecule has 0 N–H and O–H groups in total. The van der Waals surface area contributed by atoms with E-state index in [2.05, 4.69) is 29.2 Å². The number of benzene rings is 1. The molecule has 1 unspecified atom stereocenters. The molecule has 1 atom stereocenters. The molecular weight excluding hydrogens is 302 g/mol. The van der Waals surface area contributed by atoms with Crippen LogP contribution in [0, 0.1) is 0 Å². The van der Waals surface area contributed by atoms with Crippen LogP contribution < -0.4 is 4.90 Å². The standard InChI is InChI=1S/C19H25N3O2/c1-4-5-6-14-7-9-16(10-8-14)22-12-15(11-17(22)23)19-20-18(13(2)3)21-24-19/h7-10,13,15H,4-6,11-12H2,1-3H3. The molecule has 1 fully saturated rings. The van der Waals surface area contributed by atoms with Gasteiger partial charge in [-0.2, -0.15) is 4.98 Å². The number of aromatic nitrogens is 2. The van der Waals surface area contributed by atoms with E-state index in [9.17, 15) is 4.79 Å². The third-order valence-electron chi connectivity index (χ3n) is 4.52. The molecule has 0 spiro atoms. The van der Waals surface area contributed by atoms with E-state index in [0.29, 0.717) is 24.7 Å². The third-order valence-corrected chi connectivity index (χ3v) is 4.52. The van der Waals surface area contributed by atoms with Crippen molar-refractivity contribution in [2.45, 2.75) is 58.3 Å². The van der Waals surface area contributed by atoms with Crippen LogP contribution in [-0.4, -0.2) is 22.6 Å². The lowest BCUT2D eigenvalue weighted by Crippen LogP contribution is -2.24. The summed E-state index contributed by atoms with van der Waals surface area (Å²) in [7, 11) is 0. The zero-order valence-electron chi connectivity index (χ0n) is 14.7. The minimum atomic E-state index is -0.0164. The molecule has 1 aliphatic heterocycles. The van der Waals surface area contributed by atoms with Crippen LogP contribution in [0.3, 0.4) is 0 Å². The van der Waals surface area contributed by atoms with Gasteiger partial charge in [0.2, 0.25) is 11.8 Å². The van der Waals surface area contributed by atoms with Gasteiger partial charge in [-0.05, 0) is 30.5 Å². The summed E-state index contributed by atoms with van der Waals surface area (Å²) < 4.78 is 5.37. The van der Waals surface area contributed by atoms with Crippen molar-refractivity contribution < 1.29 is 9.32 Å². The molecule has 1 aromatic heterocycles. The number of hydrogen-bond donors (Lipinski definition) is 0. The Labute approximate surface area is 143 Å². The number of anilines is 1. The number of nitrogens with zero attached hydrogens (tertiary/aromatic N) is 3. The highest BCUT2D eigenvalue weighted by Crippen LogP contribution is 2.31. The predicted molar refractivity (Wildman–Crippen MR) is 93.2 cm³/mol. The van der Waals surface area contributed by atoms with Crippen molar-refractivity contribution in [1.29, 1.82) is 0 Å². The van der Waals surface area contributed by atoms with Crippen molar-refractivity contribution in [1.82, 2.24) is 10.1 Å². The molecule has 24 heavy (non-hydrogen) atoms. The molecular formula is C19H25N3O2. The van der Waals surface area contributed by atoms with Gasteiger partial charge in [-0.3, -0.25) is 4.79 Å². The van der Waals surface area contributed by atoms with Gasteiger partial charge in [-0.1, -0.05) is 44.5 Å². The second-order valence-electron chi connectivity index (χ2n) is 6.82. The van der Waals surface area contributed by atoms with Crippen LogP contribution in [0.1, 0.15) is 69.1 Å². The predicted octanol–water partition coefficient (Wildman–Crippen LogP) is 4.06. The molecule has 1 aliphatic rings. The van der Waals surface area contributed by atoms with E-state index >= 15 is 0 Å².